The van der Waals surface area contributed by atoms with Gasteiger partial charge in [-0.2, -0.15) is 0 Å². The summed E-state index contributed by atoms with van der Waals surface area (Å²) in [5.74, 6) is -0.426. The zero-order valence-electron chi connectivity index (χ0n) is 11.7. The third-order valence-corrected chi connectivity index (χ3v) is 3.25. The molecule has 0 fully saturated rings. The van der Waals surface area contributed by atoms with Gasteiger partial charge in [-0.05, 0) is 38.1 Å². The van der Waals surface area contributed by atoms with Crippen molar-refractivity contribution in [3.05, 3.63) is 29.3 Å². The van der Waals surface area contributed by atoms with Gasteiger partial charge in [0, 0.05) is 24.9 Å². The fourth-order valence-electron chi connectivity index (χ4n) is 1.84. The van der Waals surface area contributed by atoms with Crippen molar-refractivity contribution in [2.75, 3.05) is 26.5 Å². The molecule has 3 N–H and O–H groups in total. The van der Waals surface area contributed by atoms with Crippen LogP contribution in [0.15, 0.2) is 18.2 Å². The van der Waals surface area contributed by atoms with Crippen LogP contribution < -0.4 is 5.73 Å². The highest BCUT2D eigenvalue weighted by Gasteiger charge is 2.13. The molecule has 1 unspecified atom stereocenters. The fourth-order valence-corrected chi connectivity index (χ4v) is 1.84. The Morgan fingerprint density at radius 2 is 2.21 bits per heavy atom. The number of hydrogen-bond donors (Lipinski definition) is 2. The van der Waals surface area contributed by atoms with Gasteiger partial charge in [0.2, 0.25) is 0 Å². The molecular weight excluding hydrogens is 244 g/mol. The molecule has 0 radical (unpaired) electrons. The van der Waals surface area contributed by atoms with E-state index in [1.165, 1.54) is 7.11 Å². The molecule has 5 heteroatoms. The van der Waals surface area contributed by atoms with Crippen LogP contribution in [-0.4, -0.2) is 42.8 Å². The molecule has 0 bridgehead atoms. The molecule has 1 atom stereocenters. The van der Waals surface area contributed by atoms with Crippen molar-refractivity contribution in [1.29, 1.82) is 0 Å². The number of carbonyl (C=O) groups excluding carboxylic acids is 1. The second-order valence-electron chi connectivity index (χ2n) is 4.69. The number of aliphatic hydroxyl groups excluding tert-OH is 1. The monoisotopic (exact) mass is 266 g/mol. The van der Waals surface area contributed by atoms with Gasteiger partial charge in [-0.1, -0.05) is 6.07 Å². The minimum atomic E-state index is -0.426. The lowest BCUT2D eigenvalue weighted by atomic mass is 10.1. The molecule has 0 aliphatic carbocycles. The SMILES string of the molecule is COC(=O)c1cc(CN(C)C(C)CCO)ccc1N. The van der Waals surface area contributed by atoms with E-state index in [1.807, 2.05) is 13.1 Å². The van der Waals surface area contributed by atoms with Gasteiger partial charge >= 0.3 is 5.97 Å². The lowest BCUT2D eigenvalue weighted by Gasteiger charge is -2.24. The van der Waals surface area contributed by atoms with Crippen LogP contribution in [0, 0.1) is 0 Å². The number of benzene rings is 1. The standard InChI is InChI=1S/C14H22N2O3/c1-10(6-7-17)16(2)9-11-4-5-13(15)12(8-11)14(18)19-3/h4-5,8,10,17H,6-7,9,15H2,1-3H3. The van der Waals surface area contributed by atoms with Gasteiger partial charge in [0.1, 0.15) is 0 Å². The topological polar surface area (TPSA) is 75.8 Å². The molecule has 0 aromatic heterocycles. The van der Waals surface area contributed by atoms with Crippen LogP contribution in [0.5, 0.6) is 0 Å². The van der Waals surface area contributed by atoms with Crippen LogP contribution in [-0.2, 0) is 11.3 Å². The van der Waals surface area contributed by atoms with Crippen molar-refractivity contribution in [2.45, 2.75) is 25.9 Å². The van der Waals surface area contributed by atoms with E-state index in [4.69, 9.17) is 15.6 Å². The molecule has 106 valence electrons. The zero-order valence-corrected chi connectivity index (χ0v) is 11.7. The number of hydrogen-bond acceptors (Lipinski definition) is 5. The van der Waals surface area contributed by atoms with Crippen LogP contribution in [0.1, 0.15) is 29.3 Å². The third-order valence-electron chi connectivity index (χ3n) is 3.25. The van der Waals surface area contributed by atoms with E-state index in [0.29, 0.717) is 17.8 Å². The fraction of sp³-hybridized carbons (Fsp3) is 0.500. The molecule has 0 saturated carbocycles. The van der Waals surface area contributed by atoms with Gasteiger partial charge in [-0.25, -0.2) is 4.79 Å². The van der Waals surface area contributed by atoms with Crippen LogP contribution in [0.25, 0.3) is 0 Å². The number of nitrogens with zero attached hydrogens (tertiary/aromatic N) is 1. The summed E-state index contributed by atoms with van der Waals surface area (Å²) in [5.41, 5.74) is 7.55. The van der Waals surface area contributed by atoms with Crippen LogP contribution >= 0.6 is 0 Å². The summed E-state index contributed by atoms with van der Waals surface area (Å²) < 4.78 is 4.70. The molecule has 0 saturated heterocycles. The van der Waals surface area contributed by atoms with E-state index in [0.717, 1.165) is 12.0 Å². The van der Waals surface area contributed by atoms with Crippen LogP contribution in [0.4, 0.5) is 5.69 Å². The third kappa shape index (κ3) is 4.22. The Kier molecular flexibility index (Phi) is 5.79. The Balaban J connectivity index is 2.82. The number of anilines is 1. The van der Waals surface area contributed by atoms with E-state index < -0.39 is 5.97 Å². The van der Waals surface area contributed by atoms with E-state index in [1.54, 1.807) is 12.1 Å². The quantitative estimate of drug-likeness (QED) is 0.599. The van der Waals surface area contributed by atoms with Crippen molar-refractivity contribution in [1.82, 2.24) is 4.90 Å². The molecule has 0 spiro atoms. The highest BCUT2D eigenvalue weighted by atomic mass is 16.5. The van der Waals surface area contributed by atoms with Gasteiger partial charge < -0.3 is 15.6 Å². The molecule has 1 aromatic rings. The average Bonchev–Trinajstić information content (AvgIpc) is 2.40. The molecule has 5 nitrogen and oxygen atoms in total. The summed E-state index contributed by atoms with van der Waals surface area (Å²) in [6.07, 6.45) is 0.718. The summed E-state index contributed by atoms with van der Waals surface area (Å²) in [6, 6.07) is 5.63. The highest BCUT2D eigenvalue weighted by Crippen LogP contribution is 2.17. The summed E-state index contributed by atoms with van der Waals surface area (Å²) in [7, 11) is 3.32. The number of rotatable bonds is 6. The maximum atomic E-state index is 11.6. The van der Waals surface area contributed by atoms with E-state index in [-0.39, 0.29) is 12.6 Å². The normalized spacial score (nSPS) is 12.5. The van der Waals surface area contributed by atoms with Crippen molar-refractivity contribution >= 4 is 11.7 Å². The van der Waals surface area contributed by atoms with Gasteiger partial charge in [0.25, 0.3) is 0 Å². The lowest BCUT2D eigenvalue weighted by molar-refractivity contribution is 0.0601. The molecule has 19 heavy (non-hydrogen) atoms. The number of ether oxygens (including phenoxy) is 1. The Morgan fingerprint density at radius 1 is 1.53 bits per heavy atom. The largest absolute Gasteiger partial charge is 0.465 e. The Bertz CT molecular complexity index is 435. The molecule has 1 aromatic carbocycles. The van der Waals surface area contributed by atoms with Crippen molar-refractivity contribution in [2.24, 2.45) is 0 Å². The summed E-state index contributed by atoms with van der Waals surface area (Å²) in [6.45, 7) is 2.90. The Hall–Kier alpha value is -1.59. The molecule has 0 heterocycles. The first kappa shape index (κ1) is 15.5. The second-order valence-corrected chi connectivity index (χ2v) is 4.69. The van der Waals surface area contributed by atoms with Crippen LogP contribution in [0.3, 0.4) is 0 Å². The maximum Gasteiger partial charge on any atom is 0.339 e. The van der Waals surface area contributed by atoms with E-state index >= 15 is 0 Å². The lowest BCUT2D eigenvalue weighted by Crippen LogP contribution is -2.29. The van der Waals surface area contributed by atoms with E-state index in [2.05, 4.69) is 11.8 Å². The number of aliphatic hydroxyl groups is 1. The number of carbonyl (C=O) groups is 1. The molecule has 0 amide bonds. The summed E-state index contributed by atoms with van der Waals surface area (Å²) in [5, 5.41) is 8.93. The van der Waals surface area contributed by atoms with Gasteiger partial charge in [-0.3, -0.25) is 4.90 Å². The molecular formula is C14H22N2O3. The maximum absolute atomic E-state index is 11.6. The number of nitrogen functional groups attached to an aromatic ring is 1. The predicted molar refractivity (Wildman–Crippen MR) is 74.8 cm³/mol. The minimum Gasteiger partial charge on any atom is -0.465 e. The first-order chi connectivity index (χ1) is 8.99. The Labute approximate surface area is 114 Å². The summed E-state index contributed by atoms with van der Waals surface area (Å²) >= 11 is 0. The van der Waals surface area contributed by atoms with Gasteiger partial charge in [0.15, 0.2) is 0 Å². The van der Waals surface area contributed by atoms with Crippen molar-refractivity contribution in [3.8, 4) is 0 Å². The predicted octanol–water partition coefficient (Wildman–Crippen LogP) is 1.26. The minimum absolute atomic E-state index is 0.167. The zero-order chi connectivity index (χ0) is 14.4. The first-order valence-corrected chi connectivity index (χ1v) is 6.27. The van der Waals surface area contributed by atoms with Gasteiger partial charge in [0.05, 0.1) is 12.7 Å². The van der Waals surface area contributed by atoms with E-state index in [9.17, 15) is 4.79 Å². The van der Waals surface area contributed by atoms with Gasteiger partial charge in [-0.15, -0.1) is 0 Å². The van der Waals surface area contributed by atoms with Crippen molar-refractivity contribution in [3.63, 3.8) is 0 Å². The second kappa shape index (κ2) is 7.11. The molecule has 1 rings (SSSR count). The first-order valence-electron chi connectivity index (χ1n) is 6.27. The average molecular weight is 266 g/mol. The molecule has 0 aliphatic heterocycles. The molecule has 0 aliphatic rings. The smallest absolute Gasteiger partial charge is 0.339 e. The van der Waals surface area contributed by atoms with Crippen molar-refractivity contribution < 1.29 is 14.6 Å². The Morgan fingerprint density at radius 3 is 2.79 bits per heavy atom. The highest BCUT2D eigenvalue weighted by molar-refractivity contribution is 5.95. The van der Waals surface area contributed by atoms with Crippen LogP contribution in [0.2, 0.25) is 0 Å². The number of methoxy groups -OCH3 is 1. The number of esters is 1. The number of nitrogens with two attached hydrogens (primary N) is 1. The summed E-state index contributed by atoms with van der Waals surface area (Å²) in [4.78, 5) is 13.7.